The van der Waals surface area contributed by atoms with Gasteiger partial charge in [-0.1, -0.05) is 11.6 Å². The lowest BCUT2D eigenvalue weighted by Crippen LogP contribution is -1.89. The van der Waals surface area contributed by atoms with Gasteiger partial charge in [0, 0.05) is 10.4 Å². The Morgan fingerprint density at radius 1 is 1.33 bits per heavy atom. The fourth-order valence-electron chi connectivity index (χ4n) is 1.47. The van der Waals surface area contributed by atoms with Crippen LogP contribution in [0.2, 0.25) is 5.02 Å². The first-order valence-electron chi connectivity index (χ1n) is 5.08. The average molecular weight is 300 g/mol. The highest BCUT2D eigenvalue weighted by atomic mass is 35.5. The molecule has 0 amide bonds. The van der Waals surface area contributed by atoms with Crippen LogP contribution in [0.25, 0.3) is 11.1 Å². The lowest BCUT2D eigenvalue weighted by atomic mass is 10.3. The number of nitrogens with zero attached hydrogens (tertiary/aromatic N) is 2. The number of fused-ring (bicyclic) bond motifs is 1. The number of hydrogen-bond acceptors (Lipinski definition) is 5. The van der Waals surface area contributed by atoms with Gasteiger partial charge in [0.15, 0.2) is 10.7 Å². The Balaban J connectivity index is 1.90. The first-order valence-corrected chi connectivity index (χ1v) is 6.87. The number of hydrogen-bond donors (Lipinski definition) is 1. The lowest BCUT2D eigenvalue weighted by molar-refractivity contribution is 0.623. The lowest BCUT2D eigenvalue weighted by Gasteiger charge is -1.93. The summed E-state index contributed by atoms with van der Waals surface area (Å²) in [5.41, 5.74) is 2.21. The van der Waals surface area contributed by atoms with Gasteiger partial charge in [0.2, 0.25) is 0 Å². The second kappa shape index (κ2) is 4.76. The molecule has 2 aromatic heterocycles. The topological polar surface area (TPSA) is 51.0 Å². The second-order valence-corrected chi connectivity index (χ2v) is 5.10. The van der Waals surface area contributed by atoms with Gasteiger partial charge in [-0.2, -0.15) is 4.98 Å². The van der Waals surface area contributed by atoms with Gasteiger partial charge < -0.3 is 4.42 Å². The number of nitrogens with one attached hydrogen (secondary N) is 1. The Labute approximate surface area is 117 Å². The van der Waals surface area contributed by atoms with Crippen molar-refractivity contribution < 1.29 is 4.42 Å². The minimum atomic E-state index is 0.390. The molecule has 3 rings (SSSR count). The van der Waals surface area contributed by atoms with Crippen LogP contribution in [0, 0.1) is 0 Å². The molecule has 7 heteroatoms. The molecule has 0 bridgehead atoms. The van der Waals surface area contributed by atoms with Gasteiger partial charge in [-0.05, 0) is 18.2 Å². The van der Waals surface area contributed by atoms with Crippen LogP contribution in [0.1, 0.15) is 5.69 Å². The van der Waals surface area contributed by atoms with Crippen LogP contribution in [0.15, 0.2) is 28.0 Å². The van der Waals surface area contributed by atoms with Gasteiger partial charge in [0.25, 0.3) is 0 Å². The van der Waals surface area contributed by atoms with E-state index in [2.05, 4.69) is 15.3 Å². The summed E-state index contributed by atoms with van der Waals surface area (Å²) >= 11 is 13.0. The SMILES string of the molecule is ClCc1csc(Nc2nc3cc(Cl)ccc3o2)n1. The highest BCUT2D eigenvalue weighted by Gasteiger charge is 2.08. The molecule has 0 radical (unpaired) electrons. The minimum Gasteiger partial charge on any atom is -0.423 e. The van der Waals surface area contributed by atoms with E-state index in [1.165, 1.54) is 11.3 Å². The number of anilines is 2. The molecule has 0 unspecified atom stereocenters. The van der Waals surface area contributed by atoms with Crippen LogP contribution in [-0.4, -0.2) is 9.97 Å². The summed E-state index contributed by atoms with van der Waals surface area (Å²) < 4.78 is 5.52. The Hall–Kier alpha value is -1.30. The molecule has 1 aromatic carbocycles. The fraction of sp³-hybridized carbons (Fsp3) is 0.0909. The molecule has 0 fully saturated rings. The van der Waals surface area contributed by atoms with E-state index in [0.29, 0.717) is 33.1 Å². The van der Waals surface area contributed by atoms with Crippen LogP contribution in [0.5, 0.6) is 0 Å². The van der Waals surface area contributed by atoms with E-state index in [0.717, 1.165) is 5.69 Å². The van der Waals surface area contributed by atoms with Crippen molar-refractivity contribution in [3.63, 3.8) is 0 Å². The van der Waals surface area contributed by atoms with Crippen LogP contribution >= 0.6 is 34.5 Å². The van der Waals surface area contributed by atoms with E-state index < -0.39 is 0 Å². The van der Waals surface area contributed by atoms with E-state index in [-0.39, 0.29) is 0 Å². The molecule has 0 saturated heterocycles. The molecule has 0 atom stereocenters. The van der Waals surface area contributed by atoms with Gasteiger partial charge in [-0.3, -0.25) is 5.32 Å². The first-order chi connectivity index (χ1) is 8.74. The van der Waals surface area contributed by atoms with E-state index >= 15 is 0 Å². The van der Waals surface area contributed by atoms with Gasteiger partial charge in [0.05, 0.1) is 11.6 Å². The molecule has 0 aliphatic heterocycles. The third-order valence-corrected chi connectivity index (χ3v) is 3.57. The summed E-state index contributed by atoms with van der Waals surface area (Å²) in [6.07, 6.45) is 0. The van der Waals surface area contributed by atoms with E-state index in [1.54, 1.807) is 18.2 Å². The summed E-state index contributed by atoms with van der Waals surface area (Å²) in [5.74, 6) is 0.390. The highest BCUT2D eigenvalue weighted by molar-refractivity contribution is 7.13. The molecule has 0 aliphatic carbocycles. The highest BCUT2D eigenvalue weighted by Crippen LogP contribution is 2.26. The van der Waals surface area contributed by atoms with Crippen LogP contribution in [0.4, 0.5) is 11.1 Å². The molecule has 2 heterocycles. The quantitative estimate of drug-likeness (QED) is 0.727. The summed E-state index contributed by atoms with van der Waals surface area (Å²) in [7, 11) is 0. The van der Waals surface area contributed by atoms with Crippen molar-refractivity contribution in [2.45, 2.75) is 5.88 Å². The molecule has 0 spiro atoms. The van der Waals surface area contributed by atoms with Crippen LogP contribution in [0.3, 0.4) is 0 Å². The monoisotopic (exact) mass is 299 g/mol. The predicted octanol–water partition coefficient (Wildman–Crippen LogP) is 4.42. The minimum absolute atomic E-state index is 0.390. The van der Waals surface area contributed by atoms with Crippen molar-refractivity contribution in [1.29, 1.82) is 0 Å². The van der Waals surface area contributed by atoms with Crippen molar-refractivity contribution in [3.8, 4) is 0 Å². The molecule has 92 valence electrons. The summed E-state index contributed by atoms with van der Waals surface area (Å²) in [4.78, 5) is 8.54. The van der Waals surface area contributed by atoms with E-state index in [4.69, 9.17) is 27.6 Å². The van der Waals surface area contributed by atoms with Gasteiger partial charge >= 0.3 is 6.01 Å². The first kappa shape index (κ1) is 11.8. The molecular formula is C11H7Cl2N3OS. The zero-order valence-corrected chi connectivity index (χ0v) is 11.3. The van der Waals surface area contributed by atoms with Gasteiger partial charge in [-0.15, -0.1) is 22.9 Å². The summed E-state index contributed by atoms with van der Waals surface area (Å²) in [5, 5.41) is 6.20. The van der Waals surface area contributed by atoms with Crippen molar-refractivity contribution in [3.05, 3.63) is 34.3 Å². The maximum absolute atomic E-state index is 5.88. The Morgan fingerprint density at radius 2 is 2.22 bits per heavy atom. The van der Waals surface area contributed by atoms with Crippen molar-refractivity contribution in [2.75, 3.05) is 5.32 Å². The largest absolute Gasteiger partial charge is 0.423 e. The van der Waals surface area contributed by atoms with Crippen molar-refractivity contribution in [1.82, 2.24) is 9.97 Å². The predicted molar refractivity (Wildman–Crippen MR) is 74.0 cm³/mol. The number of alkyl halides is 1. The van der Waals surface area contributed by atoms with Gasteiger partial charge in [-0.25, -0.2) is 4.98 Å². The second-order valence-electron chi connectivity index (χ2n) is 3.53. The maximum atomic E-state index is 5.88. The number of halogens is 2. The standard InChI is InChI=1S/C11H7Cl2N3OS/c12-4-7-5-18-11(14-7)16-10-15-8-3-6(13)1-2-9(8)17-10/h1-3,5H,4H2,(H,14,15,16). The van der Waals surface area contributed by atoms with Crippen molar-refractivity contribution >= 4 is 56.8 Å². The number of thiazole rings is 1. The maximum Gasteiger partial charge on any atom is 0.302 e. The molecule has 18 heavy (non-hydrogen) atoms. The molecular weight excluding hydrogens is 293 g/mol. The summed E-state index contributed by atoms with van der Waals surface area (Å²) in [6.45, 7) is 0. The fourth-order valence-corrected chi connectivity index (χ4v) is 2.57. The zero-order valence-electron chi connectivity index (χ0n) is 8.98. The molecule has 0 saturated carbocycles. The molecule has 0 aliphatic rings. The van der Waals surface area contributed by atoms with E-state index in [1.807, 2.05) is 5.38 Å². The number of oxazole rings is 1. The van der Waals surface area contributed by atoms with E-state index in [9.17, 15) is 0 Å². The number of aromatic nitrogens is 2. The Bertz CT molecular complexity index is 694. The third kappa shape index (κ3) is 2.29. The Kier molecular flexibility index (Phi) is 3.11. The average Bonchev–Trinajstić information content (AvgIpc) is 2.95. The van der Waals surface area contributed by atoms with Crippen LogP contribution in [-0.2, 0) is 5.88 Å². The van der Waals surface area contributed by atoms with Crippen molar-refractivity contribution in [2.24, 2.45) is 0 Å². The van der Waals surface area contributed by atoms with Gasteiger partial charge in [0.1, 0.15) is 5.52 Å². The molecule has 3 aromatic rings. The molecule has 4 nitrogen and oxygen atoms in total. The smallest absolute Gasteiger partial charge is 0.302 e. The molecule has 1 N–H and O–H groups in total. The number of rotatable bonds is 3. The Morgan fingerprint density at radius 3 is 3.00 bits per heavy atom. The normalized spacial score (nSPS) is 11.0. The zero-order chi connectivity index (χ0) is 12.5. The third-order valence-electron chi connectivity index (χ3n) is 2.25. The number of benzene rings is 1. The van der Waals surface area contributed by atoms with Crippen LogP contribution < -0.4 is 5.32 Å². The summed E-state index contributed by atoms with van der Waals surface area (Å²) in [6, 6.07) is 5.68.